The fourth-order valence-electron chi connectivity index (χ4n) is 3.52. The molecule has 0 bridgehead atoms. The van der Waals surface area contributed by atoms with Gasteiger partial charge in [0.2, 0.25) is 5.58 Å². The average Bonchev–Trinajstić information content (AvgIpc) is 3.08. The minimum absolute atomic E-state index is 0.253. The first-order chi connectivity index (χ1) is 14.1. The zero-order valence-electron chi connectivity index (χ0n) is 16.7. The van der Waals surface area contributed by atoms with Gasteiger partial charge in [-0.3, -0.25) is 4.79 Å². The Balaban J connectivity index is 1.57. The van der Waals surface area contributed by atoms with Gasteiger partial charge < -0.3 is 23.8 Å². The van der Waals surface area contributed by atoms with Gasteiger partial charge in [0.15, 0.2) is 17.3 Å². The van der Waals surface area contributed by atoms with E-state index in [0.29, 0.717) is 30.1 Å². The number of ether oxygens (including phenoxy) is 2. The molecule has 7 heteroatoms. The summed E-state index contributed by atoms with van der Waals surface area (Å²) in [6.07, 6.45) is 0. The zero-order valence-corrected chi connectivity index (χ0v) is 16.7. The average molecular weight is 394 g/mol. The lowest BCUT2D eigenvalue weighted by atomic mass is 10.2. The Morgan fingerprint density at radius 2 is 1.97 bits per heavy atom. The third-order valence-electron chi connectivity index (χ3n) is 4.78. The molecule has 0 spiro atoms. The number of rotatable bonds is 7. The lowest BCUT2D eigenvalue weighted by Crippen LogP contribution is -3.06. The number of nitrogens with one attached hydrogen (secondary N) is 2. The van der Waals surface area contributed by atoms with Gasteiger partial charge in [0.1, 0.15) is 24.2 Å². The molecule has 4 rings (SSSR count). The van der Waals surface area contributed by atoms with Crippen molar-refractivity contribution in [3.05, 3.63) is 64.2 Å². The van der Waals surface area contributed by atoms with E-state index in [-0.39, 0.29) is 11.1 Å². The lowest BCUT2D eigenvalue weighted by Gasteiger charge is -2.15. The number of nitrogens with zero attached hydrogens (tertiary/aromatic N) is 1. The van der Waals surface area contributed by atoms with E-state index in [0.717, 1.165) is 29.0 Å². The van der Waals surface area contributed by atoms with E-state index in [1.807, 2.05) is 49.4 Å². The third kappa shape index (κ3) is 3.82. The van der Waals surface area contributed by atoms with Crippen LogP contribution in [0.1, 0.15) is 18.3 Å². The van der Waals surface area contributed by atoms with Gasteiger partial charge in [-0.1, -0.05) is 12.1 Å². The summed E-state index contributed by atoms with van der Waals surface area (Å²) in [5, 5.41) is 0.851. The number of hydrogen-bond acceptors (Lipinski definition) is 5. The van der Waals surface area contributed by atoms with E-state index in [1.165, 1.54) is 4.90 Å². The minimum atomic E-state index is -0.253. The number of methoxy groups -OCH3 is 1. The number of H-pyrrole nitrogens is 1. The zero-order chi connectivity index (χ0) is 20.4. The van der Waals surface area contributed by atoms with Crippen LogP contribution in [0.4, 0.5) is 0 Å². The molecule has 1 unspecified atom stereocenters. The number of para-hydroxylation sites is 1. The van der Waals surface area contributed by atoms with Crippen molar-refractivity contribution in [2.75, 3.05) is 20.8 Å². The fraction of sp³-hybridized carbons (Fsp3) is 0.273. The first-order valence-electron chi connectivity index (χ1n) is 9.60. The number of benzene rings is 2. The third-order valence-corrected chi connectivity index (χ3v) is 4.78. The van der Waals surface area contributed by atoms with Gasteiger partial charge in [0.25, 0.3) is 5.56 Å². The van der Waals surface area contributed by atoms with Gasteiger partial charge >= 0.3 is 0 Å². The van der Waals surface area contributed by atoms with Gasteiger partial charge in [-0.05, 0) is 37.3 Å². The van der Waals surface area contributed by atoms with Crippen molar-refractivity contribution in [3.63, 3.8) is 0 Å². The molecule has 2 aromatic carbocycles. The van der Waals surface area contributed by atoms with Crippen molar-refractivity contribution in [1.29, 1.82) is 0 Å². The summed E-state index contributed by atoms with van der Waals surface area (Å²) in [5.41, 5.74) is 2.40. The molecule has 29 heavy (non-hydrogen) atoms. The number of quaternary nitrogens is 1. The molecule has 0 amide bonds. The summed E-state index contributed by atoms with van der Waals surface area (Å²) in [5.74, 6) is 2.08. The van der Waals surface area contributed by atoms with Gasteiger partial charge in [-0.25, -0.2) is 4.98 Å². The van der Waals surface area contributed by atoms with Gasteiger partial charge in [0.05, 0.1) is 20.8 Å². The molecule has 0 aliphatic carbocycles. The lowest BCUT2D eigenvalue weighted by molar-refractivity contribution is -0.908. The number of aromatic amines is 1. The van der Waals surface area contributed by atoms with Crippen LogP contribution in [0.2, 0.25) is 0 Å². The second-order valence-corrected chi connectivity index (χ2v) is 7.02. The van der Waals surface area contributed by atoms with E-state index in [9.17, 15) is 4.79 Å². The smallest absolute Gasteiger partial charge is 0.294 e. The molecule has 1 atom stereocenters. The molecule has 0 aliphatic rings. The van der Waals surface area contributed by atoms with Crippen molar-refractivity contribution < 1.29 is 18.8 Å². The van der Waals surface area contributed by atoms with Gasteiger partial charge in [0, 0.05) is 10.9 Å². The van der Waals surface area contributed by atoms with Gasteiger partial charge in [-0.2, -0.15) is 0 Å². The highest BCUT2D eigenvalue weighted by Gasteiger charge is 2.16. The molecule has 7 nitrogen and oxygen atoms in total. The first-order valence-corrected chi connectivity index (χ1v) is 9.60. The molecular formula is C22H24N3O4+. The second kappa shape index (κ2) is 7.97. The van der Waals surface area contributed by atoms with Crippen LogP contribution in [-0.4, -0.2) is 30.7 Å². The molecular weight excluding hydrogens is 370 g/mol. The first kappa shape index (κ1) is 19.0. The van der Waals surface area contributed by atoms with Crippen LogP contribution in [-0.2, 0) is 13.1 Å². The summed E-state index contributed by atoms with van der Waals surface area (Å²) in [6, 6.07) is 13.5. The Labute approximate surface area is 167 Å². The van der Waals surface area contributed by atoms with Gasteiger partial charge in [-0.15, -0.1) is 0 Å². The summed E-state index contributed by atoms with van der Waals surface area (Å²) in [4.78, 5) is 21.1. The van der Waals surface area contributed by atoms with Crippen molar-refractivity contribution in [2.24, 2.45) is 0 Å². The normalized spacial score (nSPS) is 12.4. The van der Waals surface area contributed by atoms with Crippen molar-refractivity contribution in [2.45, 2.75) is 20.0 Å². The van der Waals surface area contributed by atoms with Crippen LogP contribution in [0, 0.1) is 0 Å². The van der Waals surface area contributed by atoms with Crippen LogP contribution < -0.4 is 19.9 Å². The highest BCUT2D eigenvalue weighted by atomic mass is 16.5. The largest absolute Gasteiger partial charge is 0.493 e. The standard InChI is InChI=1S/C22H23N3O4/c1-4-28-17-10-9-14(11-18(17)27-3)12-25(2)13-19-23-20-15-7-5-6-8-16(15)29-21(20)22(26)24-19/h5-11H,4,12-13H2,1-3H3,(H,23,24,26)/p+1. The van der Waals surface area contributed by atoms with Crippen LogP contribution in [0.5, 0.6) is 11.5 Å². The molecule has 4 aromatic rings. The van der Waals surface area contributed by atoms with Crippen LogP contribution in [0.25, 0.3) is 22.1 Å². The summed E-state index contributed by atoms with van der Waals surface area (Å²) in [6.45, 7) is 3.85. The number of furan rings is 1. The Morgan fingerprint density at radius 1 is 1.14 bits per heavy atom. The maximum Gasteiger partial charge on any atom is 0.294 e. The Hall–Kier alpha value is -3.32. The Morgan fingerprint density at radius 3 is 2.76 bits per heavy atom. The summed E-state index contributed by atoms with van der Waals surface area (Å²) >= 11 is 0. The van der Waals surface area contributed by atoms with E-state index in [2.05, 4.69) is 17.0 Å². The van der Waals surface area contributed by atoms with E-state index >= 15 is 0 Å². The highest BCUT2D eigenvalue weighted by molar-refractivity contribution is 6.01. The SMILES string of the molecule is CCOc1ccc(C[NH+](C)Cc2nc3c(oc4ccccc43)c(=O)[nH]2)cc1OC. The molecule has 150 valence electrons. The molecule has 0 radical (unpaired) electrons. The van der Waals surface area contributed by atoms with Crippen LogP contribution in [0.3, 0.4) is 0 Å². The molecule has 0 aliphatic heterocycles. The molecule has 0 saturated heterocycles. The quantitative estimate of drug-likeness (QED) is 0.503. The maximum atomic E-state index is 12.5. The molecule has 2 aromatic heterocycles. The summed E-state index contributed by atoms with van der Waals surface area (Å²) in [7, 11) is 3.69. The predicted octanol–water partition coefficient (Wildman–Crippen LogP) is 2.29. The summed E-state index contributed by atoms with van der Waals surface area (Å²) < 4.78 is 16.7. The fourth-order valence-corrected chi connectivity index (χ4v) is 3.52. The van der Waals surface area contributed by atoms with Crippen molar-refractivity contribution >= 4 is 22.1 Å². The van der Waals surface area contributed by atoms with Crippen molar-refractivity contribution in [3.8, 4) is 11.5 Å². The monoisotopic (exact) mass is 394 g/mol. The molecule has 2 heterocycles. The Kier molecular flexibility index (Phi) is 5.22. The number of hydrogen-bond donors (Lipinski definition) is 2. The topological polar surface area (TPSA) is 81.8 Å². The molecule has 0 saturated carbocycles. The van der Waals surface area contributed by atoms with Crippen LogP contribution >= 0.6 is 0 Å². The van der Waals surface area contributed by atoms with Crippen molar-refractivity contribution in [1.82, 2.24) is 9.97 Å². The van der Waals surface area contributed by atoms with E-state index in [1.54, 1.807) is 7.11 Å². The van der Waals surface area contributed by atoms with E-state index in [4.69, 9.17) is 13.9 Å². The highest BCUT2D eigenvalue weighted by Crippen LogP contribution is 2.28. The Bertz CT molecular complexity index is 1210. The second-order valence-electron chi connectivity index (χ2n) is 7.02. The molecule has 0 fully saturated rings. The van der Waals surface area contributed by atoms with Crippen LogP contribution in [0.15, 0.2) is 51.7 Å². The number of aromatic nitrogens is 2. The predicted molar refractivity (Wildman–Crippen MR) is 111 cm³/mol. The molecule has 2 N–H and O–H groups in total. The number of fused-ring (bicyclic) bond motifs is 3. The maximum absolute atomic E-state index is 12.5. The van der Waals surface area contributed by atoms with E-state index < -0.39 is 0 Å². The minimum Gasteiger partial charge on any atom is -0.493 e.